The van der Waals surface area contributed by atoms with Crippen LogP contribution in [0.3, 0.4) is 0 Å². The van der Waals surface area contributed by atoms with Crippen LogP contribution in [0.15, 0.2) is 30.3 Å². The average Bonchev–Trinajstić information content (AvgIpc) is 2.91. The number of methoxy groups -OCH3 is 1. The Morgan fingerprint density at radius 1 is 1.35 bits per heavy atom. The van der Waals surface area contributed by atoms with Gasteiger partial charge >= 0.3 is 6.18 Å². The van der Waals surface area contributed by atoms with E-state index in [0.29, 0.717) is 5.69 Å². The summed E-state index contributed by atoms with van der Waals surface area (Å²) in [7, 11) is 1.46. The van der Waals surface area contributed by atoms with Crippen LogP contribution in [0.2, 0.25) is 0 Å². The van der Waals surface area contributed by atoms with Crippen LogP contribution < -0.4 is 5.32 Å². The summed E-state index contributed by atoms with van der Waals surface area (Å²) in [4.78, 5) is 11.9. The van der Waals surface area contributed by atoms with E-state index in [1.165, 1.54) is 19.2 Å². The first-order chi connectivity index (χ1) is 12.3. The van der Waals surface area contributed by atoms with Gasteiger partial charge in [-0.05, 0) is 56.0 Å². The summed E-state index contributed by atoms with van der Waals surface area (Å²) in [6, 6.07) is 7.14. The van der Waals surface area contributed by atoms with Crippen LogP contribution in [-0.2, 0) is 22.1 Å². The molecule has 0 saturated heterocycles. The van der Waals surface area contributed by atoms with Crippen molar-refractivity contribution in [3.05, 3.63) is 52.8 Å². The summed E-state index contributed by atoms with van der Waals surface area (Å²) in [6.45, 7) is 1.85. The monoisotopic (exact) mass is 366 g/mol. The number of carbonyl (C=O) groups excluding carboxylic acids is 1. The Hall–Kier alpha value is -2.28. The van der Waals surface area contributed by atoms with E-state index in [9.17, 15) is 18.0 Å². The fourth-order valence-electron chi connectivity index (χ4n) is 3.60. The lowest BCUT2D eigenvalue weighted by atomic mass is 9.92. The minimum Gasteiger partial charge on any atom is -0.375 e. The molecular formula is C19H21F3N2O2. The van der Waals surface area contributed by atoms with Gasteiger partial charge in [-0.2, -0.15) is 13.2 Å². The molecule has 1 aliphatic rings. The number of aromatic nitrogens is 1. The van der Waals surface area contributed by atoms with Crippen molar-refractivity contribution in [1.82, 2.24) is 9.88 Å². The molecule has 0 aliphatic heterocycles. The number of hydrogen-bond donors (Lipinski definition) is 1. The summed E-state index contributed by atoms with van der Waals surface area (Å²) in [5.41, 5.74) is 2.59. The summed E-state index contributed by atoms with van der Waals surface area (Å²) in [5.74, 6) is -0.199. The van der Waals surface area contributed by atoms with Gasteiger partial charge in [0.25, 0.3) is 0 Å². The lowest BCUT2D eigenvalue weighted by Gasteiger charge is -2.25. The van der Waals surface area contributed by atoms with Crippen LogP contribution in [-0.4, -0.2) is 24.2 Å². The van der Waals surface area contributed by atoms with Crippen LogP contribution in [0.1, 0.15) is 41.4 Å². The van der Waals surface area contributed by atoms with Gasteiger partial charge in [0.15, 0.2) is 0 Å². The number of nitrogens with one attached hydrogen (secondary N) is 1. The van der Waals surface area contributed by atoms with Crippen LogP contribution in [0.5, 0.6) is 0 Å². The molecule has 0 radical (unpaired) electrons. The van der Waals surface area contributed by atoms with E-state index in [2.05, 4.69) is 5.32 Å². The lowest BCUT2D eigenvalue weighted by molar-refractivity contribution is -0.137. The molecule has 0 spiro atoms. The number of halogens is 3. The van der Waals surface area contributed by atoms with Crippen LogP contribution in [0.25, 0.3) is 5.69 Å². The zero-order chi connectivity index (χ0) is 18.9. The third-order valence-corrected chi connectivity index (χ3v) is 4.64. The predicted molar refractivity (Wildman–Crippen MR) is 91.2 cm³/mol. The maximum Gasteiger partial charge on any atom is 0.416 e. The quantitative estimate of drug-likeness (QED) is 0.891. The van der Waals surface area contributed by atoms with Crippen molar-refractivity contribution < 1.29 is 22.7 Å². The van der Waals surface area contributed by atoms with Gasteiger partial charge in [-0.25, -0.2) is 0 Å². The van der Waals surface area contributed by atoms with Gasteiger partial charge in [0.05, 0.1) is 11.6 Å². The first-order valence-electron chi connectivity index (χ1n) is 8.48. The highest BCUT2D eigenvalue weighted by Gasteiger charge is 2.31. The second kappa shape index (κ2) is 7.15. The van der Waals surface area contributed by atoms with Gasteiger partial charge < -0.3 is 14.6 Å². The van der Waals surface area contributed by atoms with Crippen molar-refractivity contribution in [2.24, 2.45) is 0 Å². The number of fused-ring (bicyclic) bond motifs is 1. The number of ether oxygens (including phenoxy) is 1. The molecule has 7 heteroatoms. The molecule has 0 bridgehead atoms. The molecule has 0 saturated carbocycles. The van der Waals surface area contributed by atoms with Crippen LogP contribution in [0.4, 0.5) is 13.2 Å². The Morgan fingerprint density at radius 2 is 2.12 bits per heavy atom. The third-order valence-electron chi connectivity index (χ3n) is 4.64. The predicted octanol–water partition coefficient (Wildman–Crippen LogP) is 3.94. The first kappa shape index (κ1) is 18.5. The number of hydrogen-bond acceptors (Lipinski definition) is 2. The number of aryl methyl sites for hydroxylation is 1. The molecule has 1 aromatic heterocycles. The maximum absolute atomic E-state index is 13.1. The molecule has 2 aromatic rings. The molecule has 1 amide bonds. The van der Waals surface area contributed by atoms with Crippen molar-refractivity contribution >= 4 is 5.91 Å². The first-order valence-corrected chi connectivity index (χ1v) is 8.48. The van der Waals surface area contributed by atoms with E-state index in [-0.39, 0.29) is 18.6 Å². The minimum atomic E-state index is -4.38. The van der Waals surface area contributed by atoms with E-state index < -0.39 is 11.7 Å². The number of carbonyl (C=O) groups is 1. The molecule has 26 heavy (non-hydrogen) atoms. The minimum absolute atomic E-state index is 0.0147. The van der Waals surface area contributed by atoms with E-state index in [1.807, 2.05) is 17.6 Å². The second-order valence-corrected chi connectivity index (χ2v) is 6.52. The number of nitrogens with zero attached hydrogens (tertiary/aromatic N) is 1. The fourth-order valence-corrected chi connectivity index (χ4v) is 3.60. The number of amides is 1. The van der Waals surface area contributed by atoms with Gasteiger partial charge in [-0.1, -0.05) is 6.07 Å². The summed E-state index contributed by atoms with van der Waals surface area (Å²) < 4.78 is 45.9. The molecule has 0 unspecified atom stereocenters. The Labute approximate surface area is 150 Å². The topological polar surface area (TPSA) is 43.3 Å². The molecule has 1 aromatic carbocycles. The molecule has 0 fully saturated rings. The van der Waals surface area contributed by atoms with Gasteiger partial charge in [0, 0.05) is 24.2 Å². The van der Waals surface area contributed by atoms with E-state index >= 15 is 0 Å². The van der Waals surface area contributed by atoms with Crippen molar-refractivity contribution in [3.8, 4) is 5.69 Å². The van der Waals surface area contributed by atoms with Gasteiger partial charge in [-0.15, -0.1) is 0 Å². The summed E-state index contributed by atoms with van der Waals surface area (Å²) in [6.07, 6.45) is -1.97. The Kier molecular flexibility index (Phi) is 5.09. The summed E-state index contributed by atoms with van der Waals surface area (Å²) >= 11 is 0. The Morgan fingerprint density at radius 3 is 2.81 bits per heavy atom. The molecule has 1 atom stereocenters. The smallest absolute Gasteiger partial charge is 0.375 e. The molecule has 3 rings (SSSR count). The van der Waals surface area contributed by atoms with E-state index in [1.54, 1.807) is 6.07 Å². The lowest BCUT2D eigenvalue weighted by Crippen LogP contribution is -2.33. The van der Waals surface area contributed by atoms with Crippen molar-refractivity contribution in [2.45, 2.75) is 38.4 Å². The molecule has 140 valence electrons. The van der Waals surface area contributed by atoms with Gasteiger partial charge in [-0.3, -0.25) is 4.79 Å². The largest absolute Gasteiger partial charge is 0.416 e. The van der Waals surface area contributed by atoms with Crippen LogP contribution in [0, 0.1) is 6.92 Å². The van der Waals surface area contributed by atoms with Crippen molar-refractivity contribution in [3.63, 3.8) is 0 Å². The highest BCUT2D eigenvalue weighted by atomic mass is 19.4. The molecule has 1 N–H and O–H groups in total. The van der Waals surface area contributed by atoms with Crippen molar-refractivity contribution in [1.29, 1.82) is 0 Å². The highest BCUT2D eigenvalue weighted by Crippen LogP contribution is 2.36. The molecule has 1 aliphatic carbocycles. The number of benzene rings is 1. The standard InChI is InChI=1S/C19H21F3N2O2/c1-12-9-15-16(23-18(25)11-26-2)7-4-8-17(15)24(12)14-6-3-5-13(10-14)19(20,21)22/h3,5-6,9-10,16H,4,7-8,11H2,1-2H3,(H,23,25)/t16-/m0/s1. The number of rotatable bonds is 4. The Balaban J connectivity index is 1.99. The van der Waals surface area contributed by atoms with Crippen molar-refractivity contribution in [2.75, 3.05) is 13.7 Å². The second-order valence-electron chi connectivity index (χ2n) is 6.52. The SMILES string of the molecule is COCC(=O)N[C@H]1CCCc2c1cc(C)n2-c1cccc(C(F)(F)F)c1. The van der Waals surface area contributed by atoms with Gasteiger partial charge in [0.1, 0.15) is 6.61 Å². The zero-order valence-corrected chi connectivity index (χ0v) is 14.7. The highest BCUT2D eigenvalue weighted by molar-refractivity contribution is 5.77. The summed E-state index contributed by atoms with van der Waals surface area (Å²) in [5, 5.41) is 2.95. The Bertz CT molecular complexity index is 812. The molecular weight excluding hydrogens is 345 g/mol. The molecule has 1 heterocycles. The normalized spacial score (nSPS) is 17.0. The average molecular weight is 366 g/mol. The van der Waals surface area contributed by atoms with E-state index in [0.717, 1.165) is 42.3 Å². The van der Waals surface area contributed by atoms with E-state index in [4.69, 9.17) is 4.74 Å². The van der Waals surface area contributed by atoms with Gasteiger partial charge in [0.2, 0.25) is 5.91 Å². The van der Waals surface area contributed by atoms with Crippen LogP contribution >= 0.6 is 0 Å². The zero-order valence-electron chi connectivity index (χ0n) is 14.7. The third kappa shape index (κ3) is 3.62. The maximum atomic E-state index is 13.1. The number of alkyl halides is 3. The molecule has 4 nitrogen and oxygen atoms in total. The fraction of sp³-hybridized carbons (Fsp3) is 0.421.